The van der Waals surface area contributed by atoms with Crippen LogP contribution < -0.4 is 5.73 Å². The van der Waals surface area contributed by atoms with E-state index in [9.17, 15) is 4.79 Å². The molecule has 1 unspecified atom stereocenters. The molecule has 0 radical (unpaired) electrons. The first kappa shape index (κ1) is 10.7. The number of aromatic nitrogens is 1. The van der Waals surface area contributed by atoms with Crippen molar-refractivity contribution in [1.82, 2.24) is 10.1 Å². The van der Waals surface area contributed by atoms with Gasteiger partial charge in [-0.05, 0) is 13.8 Å². The number of hydrogen-bond donors (Lipinski definition) is 1. The Hall–Kier alpha value is -1.36. The van der Waals surface area contributed by atoms with E-state index in [4.69, 9.17) is 10.3 Å². The minimum absolute atomic E-state index is 0.106. The van der Waals surface area contributed by atoms with Gasteiger partial charge in [0.1, 0.15) is 11.5 Å². The van der Waals surface area contributed by atoms with Crippen molar-refractivity contribution in [3.05, 3.63) is 17.5 Å². The molecule has 1 rings (SSSR count). The minimum atomic E-state index is -0.479. The average molecular weight is 197 g/mol. The van der Waals surface area contributed by atoms with Crippen molar-refractivity contribution < 1.29 is 9.32 Å². The van der Waals surface area contributed by atoms with Crippen molar-refractivity contribution in [1.29, 1.82) is 0 Å². The summed E-state index contributed by atoms with van der Waals surface area (Å²) in [5.41, 5.74) is 6.20. The van der Waals surface area contributed by atoms with E-state index in [2.05, 4.69) is 5.16 Å². The van der Waals surface area contributed by atoms with E-state index >= 15 is 0 Å². The lowest BCUT2D eigenvalue weighted by Crippen LogP contribution is -2.39. The van der Waals surface area contributed by atoms with Crippen molar-refractivity contribution in [2.45, 2.75) is 26.4 Å². The molecule has 0 bridgehead atoms. The van der Waals surface area contributed by atoms with Crippen LogP contribution in [0.1, 0.15) is 18.4 Å². The Balaban J connectivity index is 2.57. The summed E-state index contributed by atoms with van der Waals surface area (Å²) in [7, 11) is 1.69. The van der Waals surface area contributed by atoms with Crippen LogP contribution in [0, 0.1) is 6.92 Å². The predicted octanol–water partition coefficient (Wildman–Crippen LogP) is 0.289. The van der Waals surface area contributed by atoms with E-state index in [1.165, 1.54) is 4.90 Å². The van der Waals surface area contributed by atoms with Gasteiger partial charge in [0, 0.05) is 13.1 Å². The molecule has 0 aliphatic heterocycles. The molecule has 1 atom stereocenters. The number of carbonyl (C=O) groups is 1. The van der Waals surface area contributed by atoms with Crippen LogP contribution in [0.2, 0.25) is 0 Å². The standard InChI is InChI=1S/C9H15N3O2/c1-6-4-8(11-14-6)5-12(3)9(13)7(2)10/h4,7H,5,10H2,1-3H3. The lowest BCUT2D eigenvalue weighted by molar-refractivity contribution is -0.131. The molecule has 0 saturated heterocycles. The van der Waals surface area contributed by atoms with Gasteiger partial charge >= 0.3 is 0 Å². The van der Waals surface area contributed by atoms with Crippen molar-refractivity contribution in [2.75, 3.05) is 7.05 Å². The largest absolute Gasteiger partial charge is 0.361 e. The van der Waals surface area contributed by atoms with Gasteiger partial charge in [-0.3, -0.25) is 4.79 Å². The second kappa shape index (κ2) is 4.23. The second-order valence-electron chi connectivity index (χ2n) is 3.41. The number of nitrogens with two attached hydrogens (primary N) is 1. The maximum Gasteiger partial charge on any atom is 0.239 e. The first-order valence-electron chi connectivity index (χ1n) is 4.43. The Labute approximate surface area is 82.8 Å². The van der Waals surface area contributed by atoms with Crippen LogP contribution in [-0.4, -0.2) is 29.1 Å². The van der Waals surface area contributed by atoms with Crippen LogP contribution in [0.25, 0.3) is 0 Å². The minimum Gasteiger partial charge on any atom is -0.361 e. The maximum atomic E-state index is 11.4. The summed E-state index contributed by atoms with van der Waals surface area (Å²) in [6.45, 7) is 3.90. The quantitative estimate of drug-likeness (QED) is 0.755. The Morgan fingerprint density at radius 2 is 2.43 bits per heavy atom. The number of aryl methyl sites for hydroxylation is 1. The van der Waals surface area contributed by atoms with Gasteiger partial charge in [0.05, 0.1) is 12.6 Å². The first-order chi connectivity index (χ1) is 6.50. The summed E-state index contributed by atoms with van der Waals surface area (Å²) in [6, 6.07) is 1.32. The third-order valence-electron chi connectivity index (χ3n) is 1.84. The molecule has 1 aromatic rings. The Morgan fingerprint density at radius 3 is 2.86 bits per heavy atom. The fourth-order valence-electron chi connectivity index (χ4n) is 1.16. The highest BCUT2D eigenvalue weighted by molar-refractivity contribution is 5.80. The van der Waals surface area contributed by atoms with Gasteiger partial charge in [0.25, 0.3) is 0 Å². The van der Waals surface area contributed by atoms with Crippen LogP contribution >= 0.6 is 0 Å². The van der Waals surface area contributed by atoms with Gasteiger partial charge in [-0.1, -0.05) is 5.16 Å². The number of amides is 1. The van der Waals surface area contributed by atoms with Gasteiger partial charge in [0.2, 0.25) is 5.91 Å². The molecular formula is C9H15N3O2. The van der Waals surface area contributed by atoms with Gasteiger partial charge in [-0.2, -0.15) is 0 Å². The van der Waals surface area contributed by atoms with Crippen LogP contribution in [0.15, 0.2) is 10.6 Å². The number of hydrogen-bond acceptors (Lipinski definition) is 4. The van der Waals surface area contributed by atoms with Crippen LogP contribution in [0.4, 0.5) is 0 Å². The third-order valence-corrected chi connectivity index (χ3v) is 1.84. The molecule has 2 N–H and O–H groups in total. The van der Waals surface area contributed by atoms with Crippen molar-refractivity contribution in [3.63, 3.8) is 0 Å². The molecule has 78 valence electrons. The summed E-state index contributed by atoms with van der Waals surface area (Å²) in [4.78, 5) is 12.9. The number of nitrogens with zero attached hydrogens (tertiary/aromatic N) is 2. The summed E-state index contributed by atoms with van der Waals surface area (Å²) in [6.07, 6.45) is 0. The Kier molecular flexibility index (Phi) is 3.24. The summed E-state index contributed by atoms with van der Waals surface area (Å²) >= 11 is 0. The molecule has 0 aliphatic rings. The van der Waals surface area contributed by atoms with Crippen molar-refractivity contribution >= 4 is 5.91 Å². The van der Waals surface area contributed by atoms with Crippen LogP contribution in [0.3, 0.4) is 0 Å². The fourth-order valence-corrected chi connectivity index (χ4v) is 1.16. The van der Waals surface area contributed by atoms with Gasteiger partial charge in [0.15, 0.2) is 0 Å². The molecule has 1 amide bonds. The smallest absolute Gasteiger partial charge is 0.239 e. The number of rotatable bonds is 3. The zero-order valence-corrected chi connectivity index (χ0v) is 8.65. The van der Waals surface area contributed by atoms with Gasteiger partial charge < -0.3 is 15.2 Å². The SMILES string of the molecule is Cc1cc(CN(C)C(=O)C(C)N)no1. The predicted molar refractivity (Wildman–Crippen MR) is 51.4 cm³/mol. The van der Waals surface area contributed by atoms with Gasteiger partial charge in [-0.25, -0.2) is 0 Å². The number of likely N-dealkylation sites (N-methyl/N-ethyl adjacent to an activating group) is 1. The van der Waals surface area contributed by atoms with E-state index in [1.54, 1.807) is 20.0 Å². The zero-order valence-electron chi connectivity index (χ0n) is 8.65. The highest BCUT2D eigenvalue weighted by Crippen LogP contribution is 2.04. The molecule has 0 fully saturated rings. The monoisotopic (exact) mass is 197 g/mol. The highest BCUT2D eigenvalue weighted by atomic mass is 16.5. The molecule has 5 nitrogen and oxygen atoms in total. The van der Waals surface area contributed by atoms with Crippen LogP contribution in [0.5, 0.6) is 0 Å². The molecule has 5 heteroatoms. The lowest BCUT2D eigenvalue weighted by Gasteiger charge is -2.17. The van der Waals surface area contributed by atoms with E-state index in [0.29, 0.717) is 6.54 Å². The van der Waals surface area contributed by atoms with E-state index < -0.39 is 6.04 Å². The summed E-state index contributed by atoms with van der Waals surface area (Å²) in [5.74, 6) is 0.632. The second-order valence-corrected chi connectivity index (χ2v) is 3.41. The summed E-state index contributed by atoms with van der Waals surface area (Å²) < 4.78 is 4.89. The van der Waals surface area contributed by atoms with Crippen molar-refractivity contribution in [3.8, 4) is 0 Å². The number of carbonyl (C=O) groups excluding carboxylic acids is 1. The molecule has 0 spiro atoms. The van der Waals surface area contributed by atoms with Gasteiger partial charge in [-0.15, -0.1) is 0 Å². The zero-order chi connectivity index (χ0) is 10.7. The van der Waals surface area contributed by atoms with E-state index in [1.807, 2.05) is 6.92 Å². The molecule has 0 aromatic carbocycles. The molecule has 0 aliphatic carbocycles. The Bertz CT molecular complexity index is 320. The third kappa shape index (κ3) is 2.56. The van der Waals surface area contributed by atoms with Crippen LogP contribution in [-0.2, 0) is 11.3 Å². The van der Waals surface area contributed by atoms with E-state index in [0.717, 1.165) is 11.5 Å². The summed E-state index contributed by atoms with van der Waals surface area (Å²) in [5, 5.41) is 3.79. The lowest BCUT2D eigenvalue weighted by atomic mass is 10.3. The van der Waals surface area contributed by atoms with Crippen molar-refractivity contribution in [2.24, 2.45) is 5.73 Å². The maximum absolute atomic E-state index is 11.4. The first-order valence-corrected chi connectivity index (χ1v) is 4.43. The van der Waals surface area contributed by atoms with E-state index in [-0.39, 0.29) is 5.91 Å². The molecule has 14 heavy (non-hydrogen) atoms. The fraction of sp³-hybridized carbons (Fsp3) is 0.556. The highest BCUT2D eigenvalue weighted by Gasteiger charge is 2.14. The Morgan fingerprint density at radius 1 is 1.79 bits per heavy atom. The average Bonchev–Trinajstić information content (AvgIpc) is 2.49. The molecular weight excluding hydrogens is 182 g/mol. The molecule has 1 heterocycles. The molecule has 0 saturated carbocycles. The topological polar surface area (TPSA) is 72.4 Å². The molecule has 1 aromatic heterocycles. The normalized spacial score (nSPS) is 12.6.